The van der Waals surface area contributed by atoms with Gasteiger partial charge >= 0.3 is 5.97 Å². The molecule has 3 atom stereocenters. The number of carbonyl (C=O) groups is 1. The van der Waals surface area contributed by atoms with E-state index in [0.29, 0.717) is 45.1 Å². The van der Waals surface area contributed by atoms with Crippen molar-refractivity contribution in [2.45, 2.75) is 26.3 Å². The molecule has 0 radical (unpaired) electrons. The molecule has 4 heterocycles. The molecule has 1 saturated heterocycles. The number of rotatable bonds is 5. The van der Waals surface area contributed by atoms with E-state index in [9.17, 15) is 14.7 Å². The number of fused-ring (bicyclic) bond motifs is 2. The maximum Gasteiger partial charge on any atom is 0.356 e. The number of pyridine rings is 2. The lowest BCUT2D eigenvalue weighted by atomic mass is 10.1. The predicted octanol–water partition coefficient (Wildman–Crippen LogP) is 4.03. The Morgan fingerprint density at radius 1 is 1.25 bits per heavy atom. The van der Waals surface area contributed by atoms with Crippen LogP contribution in [-0.4, -0.2) is 38.5 Å². The SMILES string of the molecule is Cc1c(N2CC3CC3C2)nc2c([C@@H](C)Nc3ccc(Cl)nc3C(=O)O)cc(Cl)cn2c1=O. The fourth-order valence-electron chi connectivity index (χ4n) is 4.53. The molecular formula is C22H21Cl2N5O3. The highest BCUT2D eigenvalue weighted by Gasteiger charge is 2.46. The number of carboxylic acids is 1. The van der Waals surface area contributed by atoms with E-state index in [1.807, 2.05) is 6.92 Å². The molecule has 1 saturated carbocycles. The minimum Gasteiger partial charge on any atom is -0.476 e. The van der Waals surface area contributed by atoms with Crippen molar-refractivity contribution in [2.24, 2.45) is 11.8 Å². The summed E-state index contributed by atoms with van der Waals surface area (Å²) in [5.74, 6) is 0.911. The molecule has 10 heteroatoms. The molecule has 0 spiro atoms. The van der Waals surface area contributed by atoms with Crippen molar-refractivity contribution in [3.63, 3.8) is 0 Å². The van der Waals surface area contributed by atoms with Crippen molar-refractivity contribution in [3.8, 4) is 0 Å². The van der Waals surface area contributed by atoms with Crippen LogP contribution in [0.5, 0.6) is 0 Å². The summed E-state index contributed by atoms with van der Waals surface area (Å²) in [6.45, 7) is 5.48. The Labute approximate surface area is 193 Å². The lowest BCUT2D eigenvalue weighted by molar-refractivity contribution is 0.0691. The highest BCUT2D eigenvalue weighted by atomic mass is 35.5. The van der Waals surface area contributed by atoms with Crippen molar-refractivity contribution in [3.05, 3.63) is 61.7 Å². The molecule has 5 rings (SSSR count). The van der Waals surface area contributed by atoms with E-state index in [1.54, 1.807) is 25.3 Å². The number of hydrogen-bond acceptors (Lipinski definition) is 6. The Morgan fingerprint density at radius 3 is 2.66 bits per heavy atom. The van der Waals surface area contributed by atoms with E-state index in [4.69, 9.17) is 28.2 Å². The topological polar surface area (TPSA) is 99.8 Å². The number of hydrogen-bond donors (Lipinski definition) is 2. The molecular weight excluding hydrogens is 453 g/mol. The first-order valence-electron chi connectivity index (χ1n) is 10.4. The van der Waals surface area contributed by atoms with Crippen LogP contribution in [0.3, 0.4) is 0 Å². The number of halogens is 2. The van der Waals surface area contributed by atoms with Gasteiger partial charge in [0.2, 0.25) is 0 Å². The van der Waals surface area contributed by atoms with Crippen LogP contribution in [0, 0.1) is 18.8 Å². The Hall–Kier alpha value is -2.84. The van der Waals surface area contributed by atoms with E-state index in [2.05, 4.69) is 15.2 Å². The lowest BCUT2D eigenvalue weighted by Crippen LogP contribution is -2.29. The van der Waals surface area contributed by atoms with Gasteiger partial charge in [0, 0.05) is 24.8 Å². The summed E-state index contributed by atoms with van der Waals surface area (Å²) >= 11 is 12.2. The van der Waals surface area contributed by atoms with Gasteiger partial charge < -0.3 is 15.3 Å². The van der Waals surface area contributed by atoms with Crippen molar-refractivity contribution in [1.82, 2.24) is 14.4 Å². The third-order valence-corrected chi connectivity index (χ3v) is 6.72. The molecule has 2 unspecified atom stereocenters. The normalized spacial score (nSPS) is 20.3. The third-order valence-electron chi connectivity index (χ3n) is 6.30. The van der Waals surface area contributed by atoms with Gasteiger partial charge in [-0.25, -0.2) is 14.8 Å². The average Bonchev–Trinajstić information content (AvgIpc) is 3.36. The number of anilines is 2. The van der Waals surface area contributed by atoms with Crippen LogP contribution in [0.1, 0.15) is 41.0 Å². The van der Waals surface area contributed by atoms with Gasteiger partial charge in [0.1, 0.15) is 16.6 Å². The lowest BCUT2D eigenvalue weighted by Gasteiger charge is -2.23. The van der Waals surface area contributed by atoms with Crippen LogP contribution in [0.4, 0.5) is 11.5 Å². The smallest absolute Gasteiger partial charge is 0.356 e. The van der Waals surface area contributed by atoms with Crippen molar-refractivity contribution < 1.29 is 9.90 Å². The standard InChI is InChI=1S/C22H21Cl2N5O3/c1-10-19(28-7-12-5-13(12)8-28)27-20-15(6-14(23)9-29(20)21(10)30)11(2)25-16-3-4-17(24)26-18(16)22(31)32/h3-4,6,9,11-13,25H,5,7-8H2,1-2H3,(H,31,32)/t11-,12?,13?/m1/s1. The zero-order valence-corrected chi connectivity index (χ0v) is 19.0. The number of nitrogens with one attached hydrogen (secondary N) is 1. The van der Waals surface area contributed by atoms with Gasteiger partial charge in [0.05, 0.1) is 22.3 Å². The summed E-state index contributed by atoms with van der Waals surface area (Å²) in [5, 5.41) is 13.1. The number of piperidine rings is 1. The second kappa shape index (κ2) is 7.64. The Morgan fingerprint density at radius 2 is 1.97 bits per heavy atom. The van der Waals surface area contributed by atoms with E-state index < -0.39 is 12.0 Å². The van der Waals surface area contributed by atoms with Gasteiger partial charge in [-0.05, 0) is 50.3 Å². The van der Waals surface area contributed by atoms with E-state index in [1.165, 1.54) is 16.9 Å². The molecule has 0 aromatic carbocycles. The highest BCUT2D eigenvalue weighted by molar-refractivity contribution is 6.30. The first kappa shape index (κ1) is 21.0. The number of nitrogens with zero attached hydrogens (tertiary/aromatic N) is 4. The first-order chi connectivity index (χ1) is 15.2. The van der Waals surface area contributed by atoms with Gasteiger partial charge in [-0.3, -0.25) is 9.20 Å². The maximum atomic E-state index is 13.2. The molecule has 0 bridgehead atoms. The van der Waals surface area contributed by atoms with E-state index in [-0.39, 0.29) is 16.4 Å². The summed E-state index contributed by atoms with van der Waals surface area (Å²) in [5.41, 5.74) is 1.70. The molecule has 2 fully saturated rings. The molecule has 3 aromatic rings. The Bertz CT molecular complexity index is 1320. The molecule has 2 N–H and O–H groups in total. The van der Waals surface area contributed by atoms with Crippen LogP contribution < -0.4 is 15.8 Å². The predicted molar refractivity (Wildman–Crippen MR) is 123 cm³/mol. The van der Waals surface area contributed by atoms with E-state index >= 15 is 0 Å². The summed E-state index contributed by atoms with van der Waals surface area (Å²) < 4.78 is 1.46. The number of aromatic carboxylic acids is 1. The van der Waals surface area contributed by atoms with Crippen LogP contribution in [-0.2, 0) is 0 Å². The summed E-state index contributed by atoms with van der Waals surface area (Å²) in [7, 11) is 0. The van der Waals surface area contributed by atoms with Crippen LogP contribution in [0.2, 0.25) is 10.2 Å². The fourth-order valence-corrected chi connectivity index (χ4v) is 4.89. The zero-order chi connectivity index (χ0) is 22.7. The molecule has 1 aliphatic carbocycles. The van der Waals surface area contributed by atoms with Crippen molar-refractivity contribution in [1.29, 1.82) is 0 Å². The highest BCUT2D eigenvalue weighted by Crippen LogP contribution is 2.46. The number of aromatic nitrogens is 3. The van der Waals surface area contributed by atoms with Gasteiger partial charge in [0.25, 0.3) is 5.56 Å². The molecule has 8 nitrogen and oxygen atoms in total. The van der Waals surface area contributed by atoms with Crippen LogP contribution in [0.25, 0.3) is 5.65 Å². The third kappa shape index (κ3) is 3.57. The summed E-state index contributed by atoms with van der Waals surface area (Å²) in [6, 6.07) is 4.40. The second-order valence-electron chi connectivity index (χ2n) is 8.54. The molecule has 3 aromatic heterocycles. The molecule has 0 amide bonds. The first-order valence-corrected chi connectivity index (χ1v) is 11.1. The molecule has 1 aliphatic heterocycles. The van der Waals surface area contributed by atoms with Gasteiger partial charge in [0.15, 0.2) is 5.69 Å². The van der Waals surface area contributed by atoms with Crippen LogP contribution >= 0.6 is 23.2 Å². The van der Waals surface area contributed by atoms with Crippen molar-refractivity contribution >= 4 is 46.3 Å². The van der Waals surface area contributed by atoms with Gasteiger partial charge in [-0.1, -0.05) is 23.2 Å². The summed E-state index contributed by atoms with van der Waals surface area (Å²) in [6.07, 6.45) is 2.82. The molecule has 32 heavy (non-hydrogen) atoms. The van der Waals surface area contributed by atoms with Crippen LogP contribution in [0.15, 0.2) is 29.2 Å². The molecule has 166 valence electrons. The average molecular weight is 474 g/mol. The Balaban J connectivity index is 1.60. The Kier molecular flexibility index (Phi) is 5.02. The largest absolute Gasteiger partial charge is 0.476 e. The molecule has 2 aliphatic rings. The van der Waals surface area contributed by atoms with Gasteiger partial charge in [-0.15, -0.1) is 0 Å². The van der Waals surface area contributed by atoms with E-state index in [0.717, 1.165) is 13.1 Å². The second-order valence-corrected chi connectivity index (χ2v) is 9.36. The minimum atomic E-state index is -1.20. The number of carboxylic acid groups (broad SMARTS) is 1. The fraction of sp³-hybridized carbons (Fsp3) is 0.364. The maximum absolute atomic E-state index is 13.2. The minimum absolute atomic E-state index is 0.0887. The monoisotopic (exact) mass is 473 g/mol. The van der Waals surface area contributed by atoms with Gasteiger partial charge in [-0.2, -0.15) is 0 Å². The quantitative estimate of drug-likeness (QED) is 0.539. The van der Waals surface area contributed by atoms with Crippen molar-refractivity contribution in [2.75, 3.05) is 23.3 Å². The summed E-state index contributed by atoms with van der Waals surface area (Å²) in [4.78, 5) is 35.8. The zero-order valence-electron chi connectivity index (χ0n) is 17.5.